The second-order valence-corrected chi connectivity index (χ2v) is 10.5. The van der Waals surface area contributed by atoms with E-state index in [1.54, 1.807) is 7.11 Å². The number of anilines is 1. The average molecular weight is 536 g/mol. The molecule has 4 rings (SSSR count). The maximum absolute atomic E-state index is 12.9. The number of nitrogens with zero attached hydrogens (tertiary/aromatic N) is 5. The lowest BCUT2D eigenvalue weighted by Gasteiger charge is -2.32. The first kappa shape index (κ1) is 25.8. The van der Waals surface area contributed by atoms with Crippen LogP contribution in [0.1, 0.15) is 45.0 Å². The van der Waals surface area contributed by atoms with Gasteiger partial charge in [0.05, 0.1) is 28.4 Å². The first-order chi connectivity index (χ1) is 16.9. The van der Waals surface area contributed by atoms with Crippen LogP contribution in [0.3, 0.4) is 0 Å². The highest BCUT2D eigenvalue weighted by molar-refractivity contribution is 8.00. The molecule has 1 amide bonds. The molecule has 35 heavy (non-hydrogen) atoms. The Bertz CT molecular complexity index is 1170. The summed E-state index contributed by atoms with van der Waals surface area (Å²) >= 11 is 13.4. The van der Waals surface area contributed by atoms with Crippen molar-refractivity contribution in [3.63, 3.8) is 0 Å². The molecule has 3 heterocycles. The maximum atomic E-state index is 12.9. The lowest BCUT2D eigenvalue weighted by molar-refractivity contribution is -0.115. The fourth-order valence-electron chi connectivity index (χ4n) is 4.01. The zero-order valence-corrected chi connectivity index (χ0v) is 22.2. The van der Waals surface area contributed by atoms with Crippen molar-refractivity contribution in [2.75, 3.05) is 25.5 Å². The number of likely N-dealkylation sites (tertiary alicyclic amines) is 1. The van der Waals surface area contributed by atoms with E-state index < -0.39 is 5.25 Å². The molecule has 0 saturated carbocycles. The van der Waals surface area contributed by atoms with Crippen LogP contribution in [-0.2, 0) is 4.79 Å². The Labute approximate surface area is 219 Å². The standard InChI is InChI=1S/C24H28Cl2N6O2S/c1-15(31-11-5-4-6-12-31)22-29-30-24(32(22)18-7-9-19(34-3)10-8-18)35-16(2)23(33)28-21-20(26)13-17(25)14-27-21/h7-10,13-16H,4-6,11-12H2,1-3H3,(H,27,28,33)/t15-,16-/m0/s1. The molecule has 1 aliphatic heterocycles. The van der Waals surface area contributed by atoms with Crippen LogP contribution < -0.4 is 10.1 Å². The molecule has 1 N–H and O–H groups in total. The fourth-order valence-corrected chi connectivity index (χ4v) is 5.31. The number of aromatic nitrogens is 4. The van der Waals surface area contributed by atoms with Crippen LogP contribution in [0.15, 0.2) is 41.7 Å². The van der Waals surface area contributed by atoms with Crippen LogP contribution in [0.4, 0.5) is 5.82 Å². The van der Waals surface area contributed by atoms with Gasteiger partial charge in [-0.2, -0.15) is 0 Å². The topological polar surface area (TPSA) is 85.2 Å². The summed E-state index contributed by atoms with van der Waals surface area (Å²) < 4.78 is 7.36. The van der Waals surface area contributed by atoms with Crippen LogP contribution in [0.5, 0.6) is 5.75 Å². The zero-order chi connectivity index (χ0) is 24.9. The van der Waals surface area contributed by atoms with Crippen molar-refractivity contribution in [2.45, 2.75) is 49.6 Å². The van der Waals surface area contributed by atoms with Gasteiger partial charge in [-0.15, -0.1) is 10.2 Å². The molecule has 0 spiro atoms. The van der Waals surface area contributed by atoms with Crippen LogP contribution in [0.25, 0.3) is 5.69 Å². The maximum Gasteiger partial charge on any atom is 0.238 e. The largest absolute Gasteiger partial charge is 0.497 e. The van der Waals surface area contributed by atoms with E-state index in [0.29, 0.717) is 10.2 Å². The Morgan fingerprint density at radius 2 is 1.83 bits per heavy atom. The molecule has 3 aromatic rings. The van der Waals surface area contributed by atoms with Crippen molar-refractivity contribution >= 4 is 46.7 Å². The van der Waals surface area contributed by atoms with E-state index in [1.807, 2.05) is 35.8 Å². The van der Waals surface area contributed by atoms with E-state index in [0.717, 1.165) is 30.4 Å². The zero-order valence-electron chi connectivity index (χ0n) is 19.9. The molecule has 1 fully saturated rings. The number of halogens is 2. The van der Waals surface area contributed by atoms with Crippen molar-refractivity contribution in [3.05, 3.63) is 52.4 Å². The summed E-state index contributed by atoms with van der Waals surface area (Å²) in [6, 6.07) is 9.38. The minimum atomic E-state index is -0.483. The minimum Gasteiger partial charge on any atom is -0.497 e. The molecule has 0 unspecified atom stereocenters. The van der Waals surface area contributed by atoms with Gasteiger partial charge in [0, 0.05) is 11.9 Å². The van der Waals surface area contributed by atoms with Crippen LogP contribution in [-0.4, -0.2) is 56.0 Å². The van der Waals surface area contributed by atoms with Gasteiger partial charge in [0.1, 0.15) is 5.75 Å². The summed E-state index contributed by atoms with van der Waals surface area (Å²) in [6.45, 7) is 6.04. The van der Waals surface area contributed by atoms with Gasteiger partial charge in [0.25, 0.3) is 0 Å². The quantitative estimate of drug-likeness (QED) is 0.374. The number of piperidine rings is 1. The summed E-state index contributed by atoms with van der Waals surface area (Å²) in [6.07, 6.45) is 5.06. The Hall–Kier alpha value is -2.33. The predicted molar refractivity (Wildman–Crippen MR) is 140 cm³/mol. The fraction of sp³-hybridized carbons (Fsp3) is 0.417. The number of hydrogen-bond acceptors (Lipinski definition) is 7. The van der Waals surface area contributed by atoms with Crippen molar-refractivity contribution in [3.8, 4) is 11.4 Å². The lowest BCUT2D eigenvalue weighted by Crippen LogP contribution is -2.33. The lowest BCUT2D eigenvalue weighted by atomic mass is 10.1. The van der Waals surface area contributed by atoms with E-state index in [1.165, 1.54) is 43.3 Å². The van der Waals surface area contributed by atoms with Gasteiger partial charge in [-0.3, -0.25) is 14.3 Å². The normalized spacial score (nSPS) is 16.0. The number of thioether (sulfide) groups is 1. The number of benzene rings is 1. The van der Waals surface area contributed by atoms with Gasteiger partial charge < -0.3 is 10.1 Å². The van der Waals surface area contributed by atoms with Gasteiger partial charge >= 0.3 is 0 Å². The third-order valence-corrected chi connectivity index (χ3v) is 7.54. The second kappa shape index (κ2) is 11.6. The number of pyridine rings is 1. The molecule has 8 nitrogen and oxygen atoms in total. The van der Waals surface area contributed by atoms with Crippen LogP contribution >= 0.6 is 35.0 Å². The molecule has 2 atom stereocenters. The summed E-state index contributed by atoms with van der Waals surface area (Å²) in [4.78, 5) is 19.5. The monoisotopic (exact) mass is 534 g/mol. The number of rotatable bonds is 8. The molecule has 0 radical (unpaired) electrons. The molecule has 0 bridgehead atoms. The number of amides is 1. The third kappa shape index (κ3) is 6.09. The van der Waals surface area contributed by atoms with Gasteiger partial charge in [-0.1, -0.05) is 41.4 Å². The smallest absolute Gasteiger partial charge is 0.238 e. The van der Waals surface area contributed by atoms with Crippen molar-refractivity contribution < 1.29 is 9.53 Å². The molecule has 0 aliphatic carbocycles. The Morgan fingerprint density at radius 1 is 1.11 bits per heavy atom. The van der Waals surface area contributed by atoms with E-state index in [4.69, 9.17) is 27.9 Å². The van der Waals surface area contributed by atoms with Crippen LogP contribution in [0.2, 0.25) is 10.0 Å². The Morgan fingerprint density at radius 3 is 2.49 bits per heavy atom. The number of nitrogens with one attached hydrogen (secondary N) is 1. The number of hydrogen-bond donors (Lipinski definition) is 1. The highest BCUT2D eigenvalue weighted by Crippen LogP contribution is 2.32. The SMILES string of the molecule is COc1ccc(-n2c(S[C@@H](C)C(=O)Nc3ncc(Cl)cc3Cl)nnc2[C@H](C)N2CCCCC2)cc1. The molecule has 1 aromatic carbocycles. The van der Waals surface area contributed by atoms with Gasteiger partial charge in [-0.25, -0.2) is 4.98 Å². The summed E-state index contributed by atoms with van der Waals surface area (Å²) in [5.74, 6) is 1.63. The first-order valence-electron chi connectivity index (χ1n) is 11.5. The number of carbonyl (C=O) groups excluding carboxylic acids is 1. The van der Waals surface area contributed by atoms with Crippen LogP contribution in [0, 0.1) is 0 Å². The molecular formula is C24H28Cl2N6O2S. The number of methoxy groups -OCH3 is 1. The Balaban J connectivity index is 1.60. The highest BCUT2D eigenvalue weighted by Gasteiger charge is 2.27. The molecular weight excluding hydrogens is 507 g/mol. The summed E-state index contributed by atoms with van der Waals surface area (Å²) in [5, 5.41) is 12.7. The van der Waals surface area contributed by atoms with Gasteiger partial charge in [0.2, 0.25) is 5.91 Å². The van der Waals surface area contributed by atoms with Crippen molar-refractivity contribution in [2.24, 2.45) is 0 Å². The van der Waals surface area contributed by atoms with Crippen molar-refractivity contribution in [1.82, 2.24) is 24.6 Å². The molecule has 2 aromatic heterocycles. The average Bonchev–Trinajstić information content (AvgIpc) is 3.29. The molecule has 1 saturated heterocycles. The van der Waals surface area contributed by atoms with E-state index in [9.17, 15) is 4.79 Å². The minimum absolute atomic E-state index is 0.0838. The highest BCUT2D eigenvalue weighted by atomic mass is 35.5. The first-order valence-corrected chi connectivity index (χ1v) is 13.1. The molecule has 11 heteroatoms. The summed E-state index contributed by atoms with van der Waals surface area (Å²) in [7, 11) is 1.64. The van der Waals surface area contributed by atoms with E-state index in [-0.39, 0.29) is 22.8 Å². The third-order valence-electron chi connectivity index (χ3n) is 6.00. The molecule has 186 valence electrons. The van der Waals surface area contributed by atoms with E-state index >= 15 is 0 Å². The predicted octanol–water partition coefficient (Wildman–Crippen LogP) is 5.64. The second-order valence-electron chi connectivity index (χ2n) is 8.38. The van der Waals surface area contributed by atoms with Crippen molar-refractivity contribution in [1.29, 1.82) is 0 Å². The van der Waals surface area contributed by atoms with E-state index in [2.05, 4.69) is 32.3 Å². The van der Waals surface area contributed by atoms with Gasteiger partial charge in [0.15, 0.2) is 16.8 Å². The number of carbonyl (C=O) groups is 1. The van der Waals surface area contributed by atoms with Gasteiger partial charge in [-0.05, 0) is 70.1 Å². The Kier molecular flexibility index (Phi) is 8.54. The number of ether oxygens (including phenoxy) is 1. The molecule has 1 aliphatic rings. The summed E-state index contributed by atoms with van der Waals surface area (Å²) in [5.41, 5.74) is 0.909.